The van der Waals surface area contributed by atoms with Crippen molar-refractivity contribution in [3.8, 4) is 11.5 Å². The summed E-state index contributed by atoms with van der Waals surface area (Å²) in [6, 6.07) is 19.8. The Morgan fingerprint density at radius 3 is 2.57 bits per heavy atom. The van der Waals surface area contributed by atoms with Gasteiger partial charge in [-0.1, -0.05) is 47.5 Å². The lowest BCUT2D eigenvalue weighted by molar-refractivity contribution is -0.123. The van der Waals surface area contributed by atoms with E-state index < -0.39 is 0 Å². The van der Waals surface area contributed by atoms with Gasteiger partial charge in [0.25, 0.3) is 5.91 Å². The zero-order valence-corrected chi connectivity index (χ0v) is 18.7. The molecule has 0 aliphatic heterocycles. The Morgan fingerprint density at radius 1 is 1.03 bits per heavy atom. The molecule has 1 N–H and O–H groups in total. The molecule has 0 saturated heterocycles. The second-order valence-electron chi connectivity index (χ2n) is 6.11. The average molecular weight is 508 g/mol. The molecular weight excluding hydrogens is 491 g/mol. The molecule has 0 unspecified atom stereocenters. The second kappa shape index (κ2) is 11.0. The first-order valence-electron chi connectivity index (χ1n) is 8.87. The zero-order chi connectivity index (χ0) is 21.3. The number of hydrogen-bond acceptors (Lipinski definition) is 4. The first kappa shape index (κ1) is 22.2. The highest BCUT2D eigenvalue weighted by Crippen LogP contribution is 2.28. The Kier molecular flexibility index (Phi) is 8.13. The van der Waals surface area contributed by atoms with Crippen LogP contribution in [0.2, 0.25) is 10.0 Å². The SMILES string of the molecule is O=C(COc1ccccc1)N/N=C\c1ccc(OCc2ccc(Cl)cc2Cl)c(Br)c1. The summed E-state index contributed by atoms with van der Waals surface area (Å²) in [6.07, 6.45) is 1.53. The van der Waals surface area contributed by atoms with Gasteiger partial charge in [-0.3, -0.25) is 4.79 Å². The minimum atomic E-state index is -0.353. The number of para-hydroxylation sites is 1. The van der Waals surface area contributed by atoms with Gasteiger partial charge in [0.1, 0.15) is 18.1 Å². The number of hydrogen-bond donors (Lipinski definition) is 1. The van der Waals surface area contributed by atoms with E-state index in [-0.39, 0.29) is 12.5 Å². The van der Waals surface area contributed by atoms with Crippen LogP contribution >= 0.6 is 39.1 Å². The third-order valence-corrected chi connectivity index (χ3v) is 5.08. The summed E-state index contributed by atoms with van der Waals surface area (Å²) in [5.41, 5.74) is 4.04. The van der Waals surface area contributed by atoms with Crippen molar-refractivity contribution in [3.05, 3.63) is 92.4 Å². The van der Waals surface area contributed by atoms with Gasteiger partial charge in [0.2, 0.25) is 0 Å². The smallest absolute Gasteiger partial charge is 0.277 e. The number of nitrogens with one attached hydrogen (secondary N) is 1. The third kappa shape index (κ3) is 6.76. The van der Waals surface area contributed by atoms with Crippen molar-refractivity contribution >= 4 is 51.3 Å². The van der Waals surface area contributed by atoms with E-state index in [1.807, 2.05) is 36.4 Å². The van der Waals surface area contributed by atoms with Crippen molar-refractivity contribution in [1.29, 1.82) is 0 Å². The summed E-state index contributed by atoms with van der Waals surface area (Å²) < 4.78 is 11.9. The van der Waals surface area contributed by atoms with E-state index in [9.17, 15) is 4.79 Å². The Balaban J connectivity index is 1.50. The summed E-state index contributed by atoms with van der Waals surface area (Å²) in [4.78, 5) is 11.8. The van der Waals surface area contributed by atoms with Gasteiger partial charge >= 0.3 is 0 Å². The molecule has 0 aliphatic rings. The van der Waals surface area contributed by atoms with Crippen LogP contribution in [0.4, 0.5) is 0 Å². The molecule has 0 aromatic heterocycles. The molecule has 0 aliphatic carbocycles. The summed E-state index contributed by atoms with van der Waals surface area (Å²) in [6.45, 7) is 0.185. The molecule has 0 fully saturated rings. The van der Waals surface area contributed by atoms with E-state index >= 15 is 0 Å². The predicted molar refractivity (Wildman–Crippen MR) is 123 cm³/mol. The molecule has 0 atom stereocenters. The van der Waals surface area contributed by atoms with Gasteiger partial charge in [0.05, 0.1) is 10.7 Å². The second-order valence-corrected chi connectivity index (χ2v) is 7.81. The summed E-state index contributed by atoms with van der Waals surface area (Å²) in [5.74, 6) is 0.920. The van der Waals surface area contributed by atoms with Crippen LogP contribution in [-0.4, -0.2) is 18.7 Å². The Labute approximate surface area is 192 Å². The molecular formula is C22H17BrCl2N2O3. The van der Waals surface area contributed by atoms with Crippen LogP contribution in [0.25, 0.3) is 0 Å². The Morgan fingerprint density at radius 2 is 1.83 bits per heavy atom. The monoisotopic (exact) mass is 506 g/mol. The van der Waals surface area contributed by atoms with E-state index in [1.165, 1.54) is 6.21 Å². The van der Waals surface area contributed by atoms with Gasteiger partial charge in [-0.25, -0.2) is 5.43 Å². The first-order chi connectivity index (χ1) is 14.5. The summed E-state index contributed by atoms with van der Waals surface area (Å²) in [7, 11) is 0. The van der Waals surface area contributed by atoms with Gasteiger partial charge < -0.3 is 9.47 Å². The molecule has 0 heterocycles. The van der Waals surface area contributed by atoms with E-state index in [0.29, 0.717) is 28.2 Å². The number of halogens is 3. The molecule has 0 spiro atoms. The van der Waals surface area contributed by atoms with Crippen LogP contribution in [0, 0.1) is 0 Å². The fourth-order valence-electron chi connectivity index (χ4n) is 2.39. The fraction of sp³-hybridized carbons (Fsp3) is 0.0909. The highest BCUT2D eigenvalue weighted by atomic mass is 79.9. The maximum atomic E-state index is 11.8. The van der Waals surface area contributed by atoms with Crippen molar-refractivity contribution in [2.75, 3.05) is 6.61 Å². The lowest BCUT2D eigenvalue weighted by Crippen LogP contribution is -2.24. The maximum Gasteiger partial charge on any atom is 0.277 e. The molecule has 3 rings (SSSR count). The van der Waals surface area contributed by atoms with Crippen LogP contribution < -0.4 is 14.9 Å². The van der Waals surface area contributed by atoms with Crippen LogP contribution in [-0.2, 0) is 11.4 Å². The number of hydrazone groups is 1. The third-order valence-electron chi connectivity index (χ3n) is 3.87. The van der Waals surface area contributed by atoms with Crippen LogP contribution in [0.1, 0.15) is 11.1 Å². The molecule has 0 saturated carbocycles. The summed E-state index contributed by atoms with van der Waals surface area (Å²) in [5, 5.41) is 5.07. The number of nitrogens with zero attached hydrogens (tertiary/aromatic N) is 1. The van der Waals surface area contributed by atoms with Crippen LogP contribution in [0.15, 0.2) is 76.3 Å². The first-order valence-corrected chi connectivity index (χ1v) is 10.4. The number of rotatable bonds is 8. The van der Waals surface area contributed by atoms with Gasteiger partial charge in [-0.2, -0.15) is 5.10 Å². The Hall–Kier alpha value is -2.54. The minimum absolute atomic E-state index is 0.120. The Bertz CT molecular complexity index is 1050. The van der Waals surface area contributed by atoms with Crippen molar-refractivity contribution < 1.29 is 14.3 Å². The topological polar surface area (TPSA) is 59.9 Å². The quantitative estimate of drug-likeness (QED) is 0.306. The molecule has 5 nitrogen and oxygen atoms in total. The molecule has 3 aromatic rings. The summed E-state index contributed by atoms with van der Waals surface area (Å²) >= 11 is 15.5. The molecule has 30 heavy (non-hydrogen) atoms. The standard InChI is InChI=1S/C22H17BrCl2N2O3/c23-19-10-15(12-26-27-22(28)14-29-18-4-2-1-3-5-18)6-9-21(19)30-13-16-7-8-17(24)11-20(16)25/h1-12H,13-14H2,(H,27,28)/b26-12-. The van der Waals surface area contributed by atoms with Crippen LogP contribution in [0.3, 0.4) is 0 Å². The van der Waals surface area contributed by atoms with Crippen molar-refractivity contribution in [2.45, 2.75) is 6.61 Å². The predicted octanol–water partition coefficient (Wildman–Crippen LogP) is 5.86. The minimum Gasteiger partial charge on any atom is -0.488 e. The van der Waals surface area contributed by atoms with Crippen molar-refractivity contribution in [2.24, 2.45) is 5.10 Å². The molecule has 154 valence electrons. The number of carbonyl (C=O) groups excluding carboxylic acids is 1. The van der Waals surface area contributed by atoms with E-state index in [0.717, 1.165) is 15.6 Å². The highest BCUT2D eigenvalue weighted by molar-refractivity contribution is 9.10. The van der Waals surface area contributed by atoms with Crippen molar-refractivity contribution in [3.63, 3.8) is 0 Å². The van der Waals surface area contributed by atoms with Gasteiger partial charge in [0.15, 0.2) is 6.61 Å². The maximum absolute atomic E-state index is 11.8. The fourth-order valence-corrected chi connectivity index (χ4v) is 3.36. The normalized spacial score (nSPS) is 10.8. The van der Waals surface area contributed by atoms with E-state index in [2.05, 4.69) is 26.5 Å². The zero-order valence-electron chi connectivity index (χ0n) is 15.6. The van der Waals surface area contributed by atoms with Gasteiger partial charge in [0, 0.05) is 15.6 Å². The van der Waals surface area contributed by atoms with E-state index in [4.69, 9.17) is 32.7 Å². The van der Waals surface area contributed by atoms with Gasteiger partial charge in [-0.15, -0.1) is 0 Å². The van der Waals surface area contributed by atoms with E-state index in [1.54, 1.807) is 30.3 Å². The van der Waals surface area contributed by atoms with Crippen molar-refractivity contribution in [1.82, 2.24) is 5.43 Å². The molecule has 0 bridgehead atoms. The lowest BCUT2D eigenvalue weighted by atomic mass is 10.2. The number of carbonyl (C=O) groups is 1. The average Bonchev–Trinajstić information content (AvgIpc) is 2.73. The molecule has 3 aromatic carbocycles. The largest absolute Gasteiger partial charge is 0.488 e. The molecule has 8 heteroatoms. The number of benzene rings is 3. The lowest BCUT2D eigenvalue weighted by Gasteiger charge is -2.10. The highest BCUT2D eigenvalue weighted by Gasteiger charge is 2.06. The number of ether oxygens (including phenoxy) is 2. The number of amides is 1. The van der Waals surface area contributed by atoms with Gasteiger partial charge in [-0.05, 0) is 64.0 Å². The molecule has 0 radical (unpaired) electrons. The van der Waals surface area contributed by atoms with Crippen LogP contribution in [0.5, 0.6) is 11.5 Å². The molecule has 1 amide bonds.